The Morgan fingerprint density at radius 3 is 2.53 bits per heavy atom. The summed E-state index contributed by atoms with van der Waals surface area (Å²) in [5, 5.41) is 17.6. The number of rotatable bonds is 4. The number of carbonyl (C=O) groups is 1. The molecule has 0 saturated heterocycles. The van der Waals surface area contributed by atoms with E-state index in [1.54, 1.807) is 11.7 Å². The van der Waals surface area contributed by atoms with E-state index in [0.717, 1.165) is 0 Å². The minimum atomic E-state index is -5.08. The Kier molecular flexibility index (Phi) is 6.58. The van der Waals surface area contributed by atoms with Crippen LogP contribution in [-0.4, -0.2) is 37.0 Å². The van der Waals surface area contributed by atoms with Crippen molar-refractivity contribution < 1.29 is 23.1 Å². The summed E-state index contributed by atoms with van der Waals surface area (Å²) in [6, 6.07) is 14.9. The molecule has 0 spiro atoms. The first-order chi connectivity index (χ1) is 15.1. The van der Waals surface area contributed by atoms with Crippen molar-refractivity contribution in [2.75, 3.05) is 0 Å². The van der Waals surface area contributed by atoms with Crippen LogP contribution in [0.5, 0.6) is 0 Å². The van der Waals surface area contributed by atoms with E-state index in [2.05, 4.69) is 57.6 Å². The molecule has 8 nitrogen and oxygen atoms in total. The third-order valence-electron chi connectivity index (χ3n) is 4.74. The molecule has 3 N–H and O–H groups in total. The van der Waals surface area contributed by atoms with E-state index in [0.29, 0.717) is 23.4 Å². The third kappa shape index (κ3) is 5.30. The second-order valence-corrected chi connectivity index (χ2v) is 7.03. The predicted octanol–water partition coefficient (Wildman–Crippen LogP) is 3.29. The molecule has 0 fully saturated rings. The highest BCUT2D eigenvalue weighted by Gasteiger charge is 2.38. The van der Waals surface area contributed by atoms with Crippen molar-refractivity contribution in [2.24, 2.45) is 7.05 Å². The van der Waals surface area contributed by atoms with Crippen LogP contribution in [0.25, 0.3) is 21.8 Å². The fourth-order valence-corrected chi connectivity index (χ4v) is 3.01. The number of benzene rings is 2. The van der Waals surface area contributed by atoms with Gasteiger partial charge in [0.25, 0.3) is 5.56 Å². The van der Waals surface area contributed by atoms with E-state index >= 15 is 0 Å². The Morgan fingerprint density at radius 1 is 1.22 bits per heavy atom. The van der Waals surface area contributed by atoms with Crippen molar-refractivity contribution in [3.8, 4) is 0 Å². The predicted molar refractivity (Wildman–Crippen MR) is 112 cm³/mol. The summed E-state index contributed by atoms with van der Waals surface area (Å²) in [5.41, 5.74) is 1.63. The topological polar surface area (TPSA) is 113 Å². The van der Waals surface area contributed by atoms with Crippen molar-refractivity contribution in [2.45, 2.75) is 25.7 Å². The maximum Gasteiger partial charge on any atom is 0.490 e. The highest BCUT2D eigenvalue weighted by atomic mass is 19.4. The molecule has 2 aromatic carbocycles. The number of aromatic nitrogens is 4. The number of aliphatic carboxylic acids is 1. The van der Waals surface area contributed by atoms with Crippen LogP contribution >= 0.6 is 0 Å². The van der Waals surface area contributed by atoms with Gasteiger partial charge < -0.3 is 15.4 Å². The Bertz CT molecular complexity index is 1310. The number of hydrogen-bond donors (Lipinski definition) is 3. The molecule has 11 heteroatoms. The van der Waals surface area contributed by atoms with E-state index < -0.39 is 12.1 Å². The molecule has 1 unspecified atom stereocenters. The van der Waals surface area contributed by atoms with E-state index in [-0.39, 0.29) is 11.6 Å². The number of nitrogens with zero attached hydrogens (tertiary/aromatic N) is 3. The Balaban J connectivity index is 0.000000360. The number of nitrogens with one attached hydrogen (secondary N) is 2. The molecule has 0 aliphatic rings. The smallest absolute Gasteiger partial charge is 0.475 e. The summed E-state index contributed by atoms with van der Waals surface area (Å²) < 4.78 is 33.3. The second-order valence-electron chi connectivity index (χ2n) is 7.03. The lowest BCUT2D eigenvalue weighted by Gasteiger charge is -2.14. The zero-order valence-electron chi connectivity index (χ0n) is 17.1. The van der Waals surface area contributed by atoms with Gasteiger partial charge in [-0.2, -0.15) is 18.3 Å². The summed E-state index contributed by atoms with van der Waals surface area (Å²) in [4.78, 5) is 28.3. The van der Waals surface area contributed by atoms with Crippen LogP contribution in [-0.2, 0) is 18.4 Å². The number of aromatic amines is 1. The molecular weight excluding hydrogens is 427 g/mol. The number of aryl methyl sites for hydroxylation is 1. The fourth-order valence-electron chi connectivity index (χ4n) is 3.01. The van der Waals surface area contributed by atoms with Crippen molar-refractivity contribution in [3.05, 3.63) is 70.4 Å². The van der Waals surface area contributed by atoms with Crippen LogP contribution < -0.4 is 10.9 Å². The van der Waals surface area contributed by atoms with Crippen LogP contribution in [0.2, 0.25) is 0 Å². The van der Waals surface area contributed by atoms with Gasteiger partial charge in [0.1, 0.15) is 11.2 Å². The van der Waals surface area contributed by atoms with E-state index in [9.17, 15) is 18.0 Å². The average molecular weight is 447 g/mol. The maximum absolute atomic E-state index is 12.1. The van der Waals surface area contributed by atoms with Gasteiger partial charge in [-0.3, -0.25) is 9.48 Å². The molecular formula is C21H20F3N5O3. The largest absolute Gasteiger partial charge is 0.490 e. The number of alkyl halides is 3. The molecule has 2 aromatic heterocycles. The van der Waals surface area contributed by atoms with Gasteiger partial charge in [0, 0.05) is 13.1 Å². The summed E-state index contributed by atoms with van der Waals surface area (Å²) >= 11 is 0. The molecule has 0 aliphatic carbocycles. The van der Waals surface area contributed by atoms with Gasteiger partial charge in [-0.1, -0.05) is 36.4 Å². The molecule has 32 heavy (non-hydrogen) atoms. The minimum Gasteiger partial charge on any atom is -0.475 e. The lowest BCUT2D eigenvalue weighted by Crippen LogP contribution is -2.22. The highest BCUT2D eigenvalue weighted by Crippen LogP contribution is 2.20. The summed E-state index contributed by atoms with van der Waals surface area (Å²) in [5.74, 6) is -2.15. The molecule has 0 amide bonds. The molecule has 168 valence electrons. The third-order valence-corrected chi connectivity index (χ3v) is 4.74. The second kappa shape index (κ2) is 9.18. The maximum atomic E-state index is 12.1. The monoisotopic (exact) mass is 447 g/mol. The van der Waals surface area contributed by atoms with Crippen molar-refractivity contribution >= 4 is 27.8 Å². The standard InChI is InChI=1S/C19H19N5O.C2HF3O2/c1-12(14-8-7-13-5-3-4-6-15(13)9-14)20-11-17-22-18-16(19(25)23-17)10-21-24(18)2;3-2(4,5)1(6)7/h3-10,12,20H,11H2,1-2H3,(H,22,23,25);(H,6,7). The summed E-state index contributed by atoms with van der Waals surface area (Å²) in [6.45, 7) is 2.58. The van der Waals surface area contributed by atoms with Gasteiger partial charge in [0.05, 0.1) is 12.7 Å². The highest BCUT2D eigenvalue weighted by molar-refractivity contribution is 5.83. The quantitative estimate of drug-likeness (QED) is 0.443. The first-order valence-electron chi connectivity index (χ1n) is 9.49. The van der Waals surface area contributed by atoms with Crippen molar-refractivity contribution in [1.29, 1.82) is 0 Å². The first kappa shape index (κ1) is 22.9. The Labute approximate surface area is 179 Å². The average Bonchev–Trinajstić information content (AvgIpc) is 3.12. The number of hydrogen-bond acceptors (Lipinski definition) is 5. The number of H-pyrrole nitrogens is 1. The molecule has 2 heterocycles. The number of carboxylic acid groups (broad SMARTS) is 1. The number of carboxylic acids is 1. The van der Waals surface area contributed by atoms with Gasteiger partial charge in [-0.15, -0.1) is 0 Å². The van der Waals surface area contributed by atoms with Crippen molar-refractivity contribution in [3.63, 3.8) is 0 Å². The zero-order chi connectivity index (χ0) is 23.5. The van der Waals surface area contributed by atoms with E-state index in [1.807, 2.05) is 12.1 Å². The van der Waals surface area contributed by atoms with Crippen molar-refractivity contribution in [1.82, 2.24) is 25.1 Å². The fraction of sp³-hybridized carbons (Fsp3) is 0.238. The lowest BCUT2D eigenvalue weighted by atomic mass is 10.0. The lowest BCUT2D eigenvalue weighted by molar-refractivity contribution is -0.192. The normalized spacial score (nSPS) is 12.4. The van der Waals surface area contributed by atoms with Crippen LogP contribution in [0.4, 0.5) is 13.2 Å². The molecule has 1 atom stereocenters. The van der Waals surface area contributed by atoms with Gasteiger partial charge >= 0.3 is 12.1 Å². The van der Waals surface area contributed by atoms with Crippen LogP contribution in [0, 0.1) is 0 Å². The van der Waals surface area contributed by atoms with Crippen LogP contribution in [0.3, 0.4) is 0 Å². The molecule has 4 rings (SSSR count). The van der Waals surface area contributed by atoms with Crippen LogP contribution in [0.1, 0.15) is 24.4 Å². The molecule has 0 aliphatic heterocycles. The first-order valence-corrected chi connectivity index (χ1v) is 9.49. The van der Waals surface area contributed by atoms with Gasteiger partial charge in [0.15, 0.2) is 5.65 Å². The Morgan fingerprint density at radius 2 is 1.88 bits per heavy atom. The molecule has 0 radical (unpaired) electrons. The summed E-state index contributed by atoms with van der Waals surface area (Å²) in [6.07, 6.45) is -3.55. The van der Waals surface area contributed by atoms with Gasteiger partial charge in [0.2, 0.25) is 0 Å². The van der Waals surface area contributed by atoms with Gasteiger partial charge in [-0.25, -0.2) is 9.78 Å². The van der Waals surface area contributed by atoms with E-state index in [4.69, 9.17) is 9.90 Å². The Hall–Kier alpha value is -3.73. The minimum absolute atomic E-state index is 0.136. The summed E-state index contributed by atoms with van der Waals surface area (Å²) in [7, 11) is 1.78. The molecule has 4 aromatic rings. The van der Waals surface area contributed by atoms with Crippen LogP contribution in [0.15, 0.2) is 53.5 Å². The number of halogens is 3. The van der Waals surface area contributed by atoms with Gasteiger partial charge in [-0.05, 0) is 29.3 Å². The molecule has 0 bridgehead atoms. The number of fused-ring (bicyclic) bond motifs is 2. The van der Waals surface area contributed by atoms with E-state index in [1.165, 1.54) is 22.5 Å². The SMILES string of the molecule is CC(NCc1nc2c(cnn2C)c(=O)[nH]1)c1ccc2ccccc2c1.O=C(O)C(F)(F)F. The molecule has 0 saturated carbocycles. The zero-order valence-corrected chi connectivity index (χ0v) is 17.1.